The van der Waals surface area contributed by atoms with Crippen LogP contribution in [0.4, 0.5) is 17.1 Å². The van der Waals surface area contributed by atoms with Crippen LogP contribution in [0.3, 0.4) is 0 Å². The first-order valence-electron chi connectivity index (χ1n) is 8.03. The minimum Gasteiger partial charge on any atom is -0.271 e. The summed E-state index contributed by atoms with van der Waals surface area (Å²) in [6.07, 6.45) is 0. The Morgan fingerprint density at radius 1 is 0.857 bits per heavy atom. The van der Waals surface area contributed by atoms with Crippen molar-refractivity contribution in [1.82, 2.24) is 0 Å². The van der Waals surface area contributed by atoms with Crippen LogP contribution in [0.15, 0.2) is 82.4 Å². The molecule has 8 nitrogen and oxygen atoms in total. The molecule has 3 rings (SSSR count). The Bertz CT molecular complexity index is 1050. The molecule has 0 radical (unpaired) electrons. The van der Waals surface area contributed by atoms with E-state index in [1.165, 1.54) is 12.1 Å². The van der Waals surface area contributed by atoms with Crippen molar-refractivity contribution in [1.29, 1.82) is 0 Å². The summed E-state index contributed by atoms with van der Waals surface area (Å²) in [4.78, 5) is 20.8. The molecule has 9 heteroatoms. The van der Waals surface area contributed by atoms with Crippen LogP contribution in [0, 0.1) is 20.2 Å². The lowest BCUT2D eigenvalue weighted by Crippen LogP contribution is -2.07. The molecule has 0 aliphatic rings. The molecule has 3 aromatic carbocycles. The van der Waals surface area contributed by atoms with E-state index in [0.717, 1.165) is 21.7 Å². The lowest BCUT2D eigenvalue weighted by Gasteiger charge is -2.09. The molecule has 3 aromatic rings. The van der Waals surface area contributed by atoms with Gasteiger partial charge >= 0.3 is 5.69 Å². The Labute approximate surface area is 167 Å². The summed E-state index contributed by atoms with van der Waals surface area (Å²) in [6, 6.07) is 20.1. The van der Waals surface area contributed by atoms with Crippen LogP contribution in [0.25, 0.3) is 0 Å². The molecule has 0 saturated carbocycles. The van der Waals surface area contributed by atoms with Gasteiger partial charge in [0.25, 0.3) is 5.69 Å². The SMILES string of the molecule is O=[N+]([O-])c1ccc(N/N=C(\c2ccccc2)c2ccc(Br)cc2)c([N+](=O)[O-])c1. The Morgan fingerprint density at radius 3 is 2.11 bits per heavy atom. The van der Waals surface area contributed by atoms with Gasteiger partial charge in [0.1, 0.15) is 5.69 Å². The minimum absolute atomic E-state index is 0.0566. The molecule has 0 heterocycles. The van der Waals surface area contributed by atoms with Gasteiger partial charge in [0.05, 0.1) is 21.6 Å². The van der Waals surface area contributed by atoms with E-state index in [2.05, 4.69) is 26.5 Å². The van der Waals surface area contributed by atoms with E-state index in [1.54, 1.807) is 0 Å². The van der Waals surface area contributed by atoms with E-state index in [1.807, 2.05) is 54.6 Å². The lowest BCUT2D eigenvalue weighted by molar-refractivity contribution is -0.393. The molecule has 0 bridgehead atoms. The van der Waals surface area contributed by atoms with Crippen molar-refractivity contribution in [3.05, 3.63) is 109 Å². The molecule has 1 N–H and O–H groups in total. The van der Waals surface area contributed by atoms with Gasteiger partial charge in [-0.15, -0.1) is 0 Å². The number of nitrogens with zero attached hydrogens (tertiary/aromatic N) is 3. The van der Waals surface area contributed by atoms with Gasteiger partial charge in [-0.3, -0.25) is 25.7 Å². The van der Waals surface area contributed by atoms with Crippen molar-refractivity contribution in [2.45, 2.75) is 0 Å². The maximum Gasteiger partial charge on any atom is 0.301 e. The summed E-state index contributed by atoms with van der Waals surface area (Å²) in [7, 11) is 0. The zero-order valence-corrected chi connectivity index (χ0v) is 15.9. The molecule has 0 aromatic heterocycles. The van der Waals surface area contributed by atoms with Gasteiger partial charge in [0.2, 0.25) is 0 Å². The van der Waals surface area contributed by atoms with Crippen molar-refractivity contribution in [3.63, 3.8) is 0 Å². The van der Waals surface area contributed by atoms with Crippen molar-refractivity contribution >= 4 is 38.7 Å². The maximum atomic E-state index is 11.3. The number of hydrogen-bond acceptors (Lipinski definition) is 6. The first-order valence-corrected chi connectivity index (χ1v) is 8.83. The summed E-state index contributed by atoms with van der Waals surface area (Å²) in [5.41, 5.74) is 4.12. The largest absolute Gasteiger partial charge is 0.301 e. The Balaban J connectivity index is 2.04. The summed E-state index contributed by atoms with van der Waals surface area (Å²) in [5.74, 6) is 0. The van der Waals surface area contributed by atoms with Crippen LogP contribution in [-0.2, 0) is 0 Å². The van der Waals surface area contributed by atoms with Gasteiger partial charge < -0.3 is 0 Å². The number of non-ortho nitro benzene ring substituents is 1. The first-order chi connectivity index (χ1) is 13.5. The topological polar surface area (TPSA) is 111 Å². The van der Waals surface area contributed by atoms with E-state index < -0.39 is 15.5 Å². The van der Waals surface area contributed by atoms with Crippen molar-refractivity contribution in [2.24, 2.45) is 5.10 Å². The number of nitrogens with one attached hydrogen (secondary N) is 1. The second kappa shape index (κ2) is 8.40. The van der Waals surface area contributed by atoms with Gasteiger partial charge in [-0.2, -0.15) is 5.10 Å². The number of benzene rings is 3. The second-order valence-electron chi connectivity index (χ2n) is 5.66. The predicted molar refractivity (Wildman–Crippen MR) is 110 cm³/mol. The summed E-state index contributed by atoms with van der Waals surface area (Å²) in [6.45, 7) is 0. The number of nitro groups is 2. The third-order valence-corrected chi connectivity index (χ3v) is 4.37. The highest BCUT2D eigenvalue weighted by molar-refractivity contribution is 9.10. The second-order valence-corrected chi connectivity index (χ2v) is 6.58. The molecule has 0 amide bonds. The highest BCUT2D eigenvalue weighted by Crippen LogP contribution is 2.29. The molecule has 0 aliphatic heterocycles. The van der Waals surface area contributed by atoms with Crippen LogP contribution in [-0.4, -0.2) is 15.6 Å². The Kier molecular flexibility index (Phi) is 5.75. The van der Waals surface area contributed by atoms with E-state index in [4.69, 9.17) is 0 Å². The number of rotatable bonds is 6. The standard InChI is InChI=1S/C19H13BrN4O4/c20-15-8-6-14(7-9-15)19(13-4-2-1-3-5-13)22-21-17-11-10-16(23(25)26)12-18(17)24(27)28/h1-12,21H/b22-19+. The monoisotopic (exact) mass is 440 g/mol. The summed E-state index contributed by atoms with van der Waals surface area (Å²) >= 11 is 3.38. The average molecular weight is 441 g/mol. The molecule has 140 valence electrons. The minimum atomic E-state index is -0.688. The number of nitro benzene ring substituents is 2. The fourth-order valence-corrected chi connectivity index (χ4v) is 2.76. The van der Waals surface area contributed by atoms with Crippen LogP contribution < -0.4 is 5.43 Å². The fourth-order valence-electron chi connectivity index (χ4n) is 2.49. The van der Waals surface area contributed by atoms with Crippen molar-refractivity contribution < 1.29 is 9.85 Å². The first kappa shape index (κ1) is 19.2. The zero-order valence-electron chi connectivity index (χ0n) is 14.3. The number of halogens is 1. The van der Waals surface area contributed by atoms with Crippen LogP contribution >= 0.6 is 15.9 Å². The van der Waals surface area contributed by atoms with E-state index in [0.29, 0.717) is 5.71 Å². The smallest absolute Gasteiger partial charge is 0.271 e. The van der Waals surface area contributed by atoms with Gasteiger partial charge in [0, 0.05) is 21.7 Å². The van der Waals surface area contributed by atoms with Crippen molar-refractivity contribution in [3.8, 4) is 0 Å². The molecule has 0 saturated heterocycles. The fraction of sp³-hybridized carbons (Fsp3) is 0. The molecular formula is C19H13BrN4O4. The van der Waals surface area contributed by atoms with E-state index in [9.17, 15) is 20.2 Å². The number of anilines is 1. The predicted octanol–water partition coefficient (Wildman–Crippen LogP) is 5.13. The molecule has 0 unspecified atom stereocenters. The molecule has 0 aliphatic carbocycles. The summed E-state index contributed by atoms with van der Waals surface area (Å²) in [5, 5.41) is 26.5. The van der Waals surface area contributed by atoms with Crippen LogP contribution in [0.2, 0.25) is 0 Å². The molecule has 28 heavy (non-hydrogen) atoms. The third-order valence-electron chi connectivity index (χ3n) is 3.84. The van der Waals surface area contributed by atoms with Gasteiger partial charge in [-0.1, -0.05) is 58.4 Å². The average Bonchev–Trinajstić information content (AvgIpc) is 2.70. The number of hydrogen-bond donors (Lipinski definition) is 1. The molecule has 0 spiro atoms. The molecular weight excluding hydrogens is 428 g/mol. The molecule has 0 fully saturated rings. The highest BCUT2D eigenvalue weighted by Gasteiger charge is 2.19. The van der Waals surface area contributed by atoms with Gasteiger partial charge in [-0.05, 0) is 18.2 Å². The third kappa shape index (κ3) is 4.38. The maximum absolute atomic E-state index is 11.3. The van der Waals surface area contributed by atoms with Gasteiger partial charge in [0.15, 0.2) is 0 Å². The van der Waals surface area contributed by atoms with E-state index >= 15 is 0 Å². The molecule has 0 atom stereocenters. The van der Waals surface area contributed by atoms with Crippen LogP contribution in [0.1, 0.15) is 11.1 Å². The van der Waals surface area contributed by atoms with E-state index in [-0.39, 0.29) is 11.4 Å². The Morgan fingerprint density at radius 2 is 1.50 bits per heavy atom. The summed E-state index contributed by atoms with van der Waals surface area (Å²) < 4.78 is 0.905. The quantitative estimate of drug-likeness (QED) is 0.324. The lowest BCUT2D eigenvalue weighted by atomic mass is 10.0. The van der Waals surface area contributed by atoms with Crippen molar-refractivity contribution in [2.75, 3.05) is 5.43 Å². The Hall–Kier alpha value is -3.59. The normalized spacial score (nSPS) is 11.1. The van der Waals surface area contributed by atoms with Gasteiger partial charge in [-0.25, -0.2) is 0 Å². The number of hydrazone groups is 1. The zero-order chi connectivity index (χ0) is 20.1. The van der Waals surface area contributed by atoms with Crippen LogP contribution in [0.5, 0.6) is 0 Å². The highest BCUT2D eigenvalue weighted by atomic mass is 79.9.